The summed E-state index contributed by atoms with van der Waals surface area (Å²) < 4.78 is 9.19. The van der Waals surface area contributed by atoms with Gasteiger partial charge in [0.2, 0.25) is 5.78 Å². The molecular weight excluding hydrogens is 278 g/mol. The van der Waals surface area contributed by atoms with Crippen LogP contribution < -0.4 is 10.3 Å². The van der Waals surface area contributed by atoms with Crippen molar-refractivity contribution in [1.29, 1.82) is 0 Å². The van der Waals surface area contributed by atoms with E-state index in [1.54, 1.807) is 10.6 Å². The van der Waals surface area contributed by atoms with E-state index in [0.29, 0.717) is 18.9 Å². The van der Waals surface area contributed by atoms with Crippen molar-refractivity contribution in [2.75, 3.05) is 6.61 Å². The fraction of sp³-hybridized carbons (Fsp3) is 0.294. The van der Waals surface area contributed by atoms with Crippen LogP contribution in [0.1, 0.15) is 24.6 Å². The molecule has 5 nitrogen and oxygen atoms in total. The maximum Gasteiger partial charge on any atom is 0.259 e. The first kappa shape index (κ1) is 14.4. The summed E-state index contributed by atoms with van der Waals surface area (Å²) in [7, 11) is 0. The van der Waals surface area contributed by atoms with E-state index < -0.39 is 0 Å². The van der Waals surface area contributed by atoms with E-state index in [4.69, 9.17) is 4.74 Å². The van der Waals surface area contributed by atoms with Crippen LogP contribution >= 0.6 is 0 Å². The fourth-order valence-electron chi connectivity index (χ4n) is 2.42. The highest BCUT2D eigenvalue weighted by molar-refractivity contribution is 5.34. The van der Waals surface area contributed by atoms with Gasteiger partial charge in [0.1, 0.15) is 5.75 Å². The lowest BCUT2D eigenvalue weighted by Crippen LogP contribution is -2.14. The second-order valence-electron chi connectivity index (χ2n) is 5.33. The molecule has 0 unspecified atom stereocenters. The zero-order chi connectivity index (χ0) is 15.5. The molecule has 0 aliphatic rings. The normalized spacial score (nSPS) is 11.0. The van der Waals surface area contributed by atoms with Crippen molar-refractivity contribution in [1.82, 2.24) is 14.0 Å². The van der Waals surface area contributed by atoms with E-state index in [9.17, 15) is 4.79 Å². The Morgan fingerprint density at radius 3 is 2.91 bits per heavy atom. The number of ether oxygens (including phenoxy) is 1. The maximum atomic E-state index is 11.9. The molecule has 0 N–H and O–H groups in total. The predicted octanol–water partition coefficient (Wildman–Crippen LogP) is 2.64. The van der Waals surface area contributed by atoms with Crippen molar-refractivity contribution < 1.29 is 4.74 Å². The summed E-state index contributed by atoms with van der Waals surface area (Å²) in [6, 6.07) is 9.55. The topological polar surface area (TPSA) is 48.5 Å². The molecule has 0 saturated carbocycles. The monoisotopic (exact) mass is 297 g/mol. The molecule has 0 bridgehead atoms. The van der Waals surface area contributed by atoms with Crippen molar-refractivity contribution in [2.24, 2.45) is 0 Å². The summed E-state index contributed by atoms with van der Waals surface area (Å²) >= 11 is 0. The van der Waals surface area contributed by atoms with Gasteiger partial charge in [0, 0.05) is 24.2 Å². The second kappa shape index (κ2) is 6.05. The summed E-state index contributed by atoms with van der Waals surface area (Å²) in [5.41, 5.74) is 1.79. The van der Waals surface area contributed by atoms with Gasteiger partial charge >= 0.3 is 0 Å². The standard InChI is InChI=1S/C17H19N3O2/c1-3-9-22-15-6-4-5-14(11-15)12-19-7-8-20-16(21)10-13(2)18-17(19)20/h4-8,10-11H,3,9,12H2,1-2H3. The van der Waals surface area contributed by atoms with E-state index in [2.05, 4.69) is 11.9 Å². The van der Waals surface area contributed by atoms with Crippen molar-refractivity contribution in [3.63, 3.8) is 0 Å². The maximum absolute atomic E-state index is 11.9. The molecule has 1 aromatic carbocycles. The lowest BCUT2D eigenvalue weighted by atomic mass is 10.2. The molecule has 2 heterocycles. The number of fused-ring (bicyclic) bond motifs is 1. The molecule has 114 valence electrons. The molecule has 0 saturated heterocycles. The number of rotatable bonds is 5. The SMILES string of the molecule is CCCOc1cccc(Cn2ccn3c(=O)cc(C)nc23)c1. The van der Waals surface area contributed by atoms with Crippen molar-refractivity contribution in [3.05, 3.63) is 64.3 Å². The number of benzene rings is 1. The van der Waals surface area contributed by atoms with Crippen LogP contribution in [-0.4, -0.2) is 20.6 Å². The molecule has 0 atom stereocenters. The fourth-order valence-corrected chi connectivity index (χ4v) is 2.42. The third-order valence-electron chi connectivity index (χ3n) is 3.44. The van der Waals surface area contributed by atoms with Crippen LogP contribution in [0.2, 0.25) is 0 Å². The molecule has 5 heteroatoms. The number of hydrogen-bond acceptors (Lipinski definition) is 3. The lowest BCUT2D eigenvalue weighted by Gasteiger charge is -2.08. The second-order valence-corrected chi connectivity index (χ2v) is 5.33. The average Bonchev–Trinajstić information content (AvgIpc) is 2.89. The molecule has 0 spiro atoms. The van der Waals surface area contributed by atoms with Gasteiger partial charge in [-0.2, -0.15) is 0 Å². The smallest absolute Gasteiger partial charge is 0.259 e. The van der Waals surface area contributed by atoms with Crippen LogP contribution in [0.25, 0.3) is 5.78 Å². The van der Waals surface area contributed by atoms with Gasteiger partial charge in [0.25, 0.3) is 5.56 Å². The number of nitrogens with zero attached hydrogens (tertiary/aromatic N) is 3. The first-order valence-corrected chi connectivity index (χ1v) is 7.44. The Kier molecular flexibility index (Phi) is 3.96. The Morgan fingerprint density at radius 2 is 2.09 bits per heavy atom. The predicted molar refractivity (Wildman–Crippen MR) is 85.5 cm³/mol. The molecule has 0 aliphatic heterocycles. The van der Waals surface area contributed by atoms with Gasteiger partial charge < -0.3 is 9.30 Å². The Balaban J connectivity index is 1.92. The Bertz CT molecular complexity index is 848. The lowest BCUT2D eigenvalue weighted by molar-refractivity contribution is 0.317. The molecule has 2 aromatic heterocycles. The average molecular weight is 297 g/mol. The van der Waals surface area contributed by atoms with Crippen LogP contribution in [0.3, 0.4) is 0 Å². The minimum atomic E-state index is -0.0544. The molecule has 0 aliphatic carbocycles. The van der Waals surface area contributed by atoms with Crippen LogP contribution in [0.5, 0.6) is 5.75 Å². The highest BCUT2D eigenvalue weighted by Crippen LogP contribution is 2.15. The minimum absolute atomic E-state index is 0.0544. The van der Waals surface area contributed by atoms with E-state index in [-0.39, 0.29) is 5.56 Å². The first-order valence-electron chi connectivity index (χ1n) is 7.44. The van der Waals surface area contributed by atoms with E-state index in [0.717, 1.165) is 23.4 Å². The van der Waals surface area contributed by atoms with Crippen LogP contribution in [0.4, 0.5) is 0 Å². The van der Waals surface area contributed by atoms with Gasteiger partial charge in [-0.25, -0.2) is 4.98 Å². The highest BCUT2D eigenvalue weighted by atomic mass is 16.5. The van der Waals surface area contributed by atoms with Crippen molar-refractivity contribution in [2.45, 2.75) is 26.8 Å². The van der Waals surface area contributed by atoms with Gasteiger partial charge in [-0.3, -0.25) is 9.20 Å². The zero-order valence-electron chi connectivity index (χ0n) is 12.8. The van der Waals surface area contributed by atoms with Crippen molar-refractivity contribution in [3.8, 4) is 5.75 Å². The van der Waals surface area contributed by atoms with Crippen LogP contribution in [0.15, 0.2) is 47.5 Å². The van der Waals surface area contributed by atoms with Gasteiger partial charge in [-0.15, -0.1) is 0 Å². The Hall–Kier alpha value is -2.56. The number of aromatic nitrogens is 3. The molecule has 22 heavy (non-hydrogen) atoms. The zero-order valence-corrected chi connectivity index (χ0v) is 12.8. The third kappa shape index (κ3) is 2.88. The third-order valence-corrected chi connectivity index (χ3v) is 3.44. The quantitative estimate of drug-likeness (QED) is 0.727. The molecule has 3 rings (SSSR count). The largest absolute Gasteiger partial charge is 0.494 e. The van der Waals surface area contributed by atoms with Gasteiger partial charge in [-0.1, -0.05) is 19.1 Å². The summed E-state index contributed by atoms with van der Waals surface area (Å²) in [4.78, 5) is 16.4. The Morgan fingerprint density at radius 1 is 1.23 bits per heavy atom. The summed E-state index contributed by atoms with van der Waals surface area (Å²) in [5, 5.41) is 0. The van der Waals surface area contributed by atoms with Crippen molar-refractivity contribution >= 4 is 5.78 Å². The van der Waals surface area contributed by atoms with E-state index >= 15 is 0 Å². The summed E-state index contributed by atoms with van der Waals surface area (Å²) in [6.45, 7) is 5.28. The molecular formula is C17H19N3O2. The number of hydrogen-bond donors (Lipinski definition) is 0. The van der Waals surface area contributed by atoms with Crippen LogP contribution in [-0.2, 0) is 6.54 Å². The summed E-state index contributed by atoms with van der Waals surface area (Å²) in [5.74, 6) is 1.53. The first-order chi connectivity index (χ1) is 10.7. The van der Waals surface area contributed by atoms with Crippen LogP contribution in [0, 0.1) is 6.92 Å². The molecule has 0 radical (unpaired) electrons. The highest BCUT2D eigenvalue weighted by Gasteiger charge is 2.06. The van der Waals surface area contributed by atoms with Gasteiger partial charge in [-0.05, 0) is 31.0 Å². The summed E-state index contributed by atoms with van der Waals surface area (Å²) in [6.07, 6.45) is 4.61. The van der Waals surface area contributed by atoms with Gasteiger partial charge in [0.15, 0.2) is 0 Å². The van der Waals surface area contributed by atoms with E-state index in [1.165, 1.54) is 6.07 Å². The molecule has 0 amide bonds. The Labute approximate surface area is 128 Å². The molecule has 3 aromatic rings. The minimum Gasteiger partial charge on any atom is -0.494 e. The number of imidazole rings is 1. The number of aryl methyl sites for hydroxylation is 1. The van der Waals surface area contributed by atoms with E-state index in [1.807, 2.05) is 42.0 Å². The molecule has 0 fully saturated rings. The van der Waals surface area contributed by atoms with Gasteiger partial charge in [0.05, 0.1) is 13.2 Å².